The zero-order valence-electron chi connectivity index (χ0n) is 17.2. The molecular formula is C21H21F3N6O2. The Bertz CT molecular complexity index is 1260. The van der Waals surface area contributed by atoms with Crippen LogP contribution in [0.15, 0.2) is 35.3 Å². The van der Waals surface area contributed by atoms with Gasteiger partial charge in [0, 0.05) is 61.6 Å². The van der Waals surface area contributed by atoms with Crippen LogP contribution in [0.2, 0.25) is 0 Å². The molecule has 1 unspecified atom stereocenters. The predicted octanol–water partition coefficient (Wildman–Crippen LogP) is 2.91. The molecule has 2 amide bonds. The number of aryl methyl sites for hydroxylation is 1. The van der Waals surface area contributed by atoms with Gasteiger partial charge < -0.3 is 14.8 Å². The van der Waals surface area contributed by atoms with Crippen molar-refractivity contribution in [1.29, 1.82) is 0 Å². The van der Waals surface area contributed by atoms with Crippen LogP contribution in [0.1, 0.15) is 12.0 Å². The van der Waals surface area contributed by atoms with Gasteiger partial charge in [0.05, 0.1) is 12.1 Å². The predicted molar refractivity (Wildman–Crippen MR) is 112 cm³/mol. The monoisotopic (exact) mass is 446 g/mol. The van der Waals surface area contributed by atoms with Gasteiger partial charge in [-0.15, -0.1) is 0 Å². The standard InChI is InChI=1S/C21H21F3N6O2/c1-28-8-12(2-3-18(28)31)19-15-6-13-9-30(14-4-5-29(10-14)11-21(22,23)24)20(32)25-16(13)7-17(15)26-27-19/h2-3,6-8,14H,4-5,9-11H2,1H3,(H,25,32)(H,26,27). The number of aromatic nitrogens is 3. The number of benzene rings is 1. The van der Waals surface area contributed by atoms with E-state index >= 15 is 0 Å². The molecule has 1 atom stereocenters. The summed E-state index contributed by atoms with van der Waals surface area (Å²) in [5, 5.41) is 11.0. The first-order valence-electron chi connectivity index (χ1n) is 10.2. The van der Waals surface area contributed by atoms with E-state index in [1.807, 2.05) is 12.1 Å². The van der Waals surface area contributed by atoms with Crippen LogP contribution < -0.4 is 10.9 Å². The summed E-state index contributed by atoms with van der Waals surface area (Å²) in [6, 6.07) is 6.33. The van der Waals surface area contributed by atoms with Gasteiger partial charge in [-0.05, 0) is 30.2 Å². The number of amides is 2. The lowest BCUT2D eigenvalue weighted by atomic mass is 10.0. The van der Waals surface area contributed by atoms with E-state index < -0.39 is 12.7 Å². The number of hydrogen-bond donors (Lipinski definition) is 2. The number of anilines is 1. The van der Waals surface area contributed by atoms with E-state index in [1.165, 1.54) is 15.5 Å². The molecule has 0 aliphatic carbocycles. The molecular weight excluding hydrogens is 425 g/mol. The number of fused-ring (bicyclic) bond motifs is 2. The second kappa shape index (κ2) is 7.37. The SMILES string of the molecule is Cn1cc(-c2n[nH]c3cc4c(cc23)CN(C2CCN(CC(F)(F)F)C2)C(=O)N4)ccc1=O. The van der Waals surface area contributed by atoms with Crippen LogP contribution in [-0.2, 0) is 13.6 Å². The number of carbonyl (C=O) groups is 1. The lowest BCUT2D eigenvalue weighted by Gasteiger charge is -2.34. The lowest BCUT2D eigenvalue weighted by molar-refractivity contribution is -0.143. The van der Waals surface area contributed by atoms with Crippen molar-refractivity contribution >= 4 is 22.6 Å². The van der Waals surface area contributed by atoms with E-state index in [1.54, 1.807) is 24.2 Å². The molecule has 11 heteroatoms. The highest BCUT2D eigenvalue weighted by atomic mass is 19.4. The van der Waals surface area contributed by atoms with Crippen LogP contribution in [0.4, 0.5) is 23.7 Å². The smallest absolute Gasteiger partial charge is 0.318 e. The van der Waals surface area contributed by atoms with Crippen molar-refractivity contribution in [3.63, 3.8) is 0 Å². The number of carbonyl (C=O) groups excluding carboxylic acids is 1. The number of urea groups is 1. The Morgan fingerprint density at radius 3 is 2.78 bits per heavy atom. The largest absolute Gasteiger partial charge is 0.401 e. The molecule has 1 saturated heterocycles. The van der Waals surface area contributed by atoms with E-state index in [9.17, 15) is 22.8 Å². The Hall–Kier alpha value is -3.34. The summed E-state index contributed by atoms with van der Waals surface area (Å²) in [7, 11) is 1.67. The molecule has 5 rings (SSSR count). The van der Waals surface area contributed by atoms with E-state index in [0.29, 0.717) is 30.9 Å². The van der Waals surface area contributed by atoms with Crippen molar-refractivity contribution in [2.75, 3.05) is 25.0 Å². The molecule has 0 spiro atoms. The van der Waals surface area contributed by atoms with Crippen molar-refractivity contribution in [3.8, 4) is 11.3 Å². The number of alkyl halides is 3. The highest BCUT2D eigenvalue weighted by Crippen LogP contribution is 2.34. The molecule has 2 aliphatic heterocycles. The lowest BCUT2D eigenvalue weighted by Crippen LogP contribution is -2.46. The molecule has 1 aromatic carbocycles. The fraction of sp³-hybridized carbons (Fsp3) is 0.381. The zero-order valence-corrected chi connectivity index (χ0v) is 17.2. The highest BCUT2D eigenvalue weighted by Gasteiger charge is 2.38. The molecule has 2 aromatic heterocycles. The number of nitrogens with zero attached hydrogens (tertiary/aromatic N) is 4. The third-order valence-corrected chi connectivity index (χ3v) is 6.08. The summed E-state index contributed by atoms with van der Waals surface area (Å²) >= 11 is 0. The Morgan fingerprint density at radius 2 is 2.03 bits per heavy atom. The number of aromatic amines is 1. The molecule has 8 nitrogen and oxygen atoms in total. The second-order valence-corrected chi connectivity index (χ2v) is 8.34. The first kappa shape index (κ1) is 20.6. The number of halogens is 3. The summed E-state index contributed by atoms with van der Waals surface area (Å²) in [5.74, 6) is 0. The van der Waals surface area contributed by atoms with E-state index in [0.717, 1.165) is 22.0 Å². The third-order valence-electron chi connectivity index (χ3n) is 6.08. The van der Waals surface area contributed by atoms with Crippen molar-refractivity contribution in [2.45, 2.75) is 25.2 Å². The number of likely N-dealkylation sites (tertiary alicyclic amines) is 1. The number of H-pyrrole nitrogens is 1. The summed E-state index contributed by atoms with van der Waals surface area (Å²) < 4.78 is 39.7. The van der Waals surface area contributed by atoms with Gasteiger partial charge in [-0.3, -0.25) is 14.8 Å². The second-order valence-electron chi connectivity index (χ2n) is 8.34. The first-order chi connectivity index (χ1) is 15.2. The van der Waals surface area contributed by atoms with Gasteiger partial charge in [0.2, 0.25) is 5.56 Å². The summed E-state index contributed by atoms with van der Waals surface area (Å²) in [5.41, 5.74) is 3.57. The molecule has 1 fully saturated rings. The van der Waals surface area contributed by atoms with Crippen LogP contribution in [-0.4, -0.2) is 62.4 Å². The quantitative estimate of drug-likeness (QED) is 0.648. The number of pyridine rings is 1. The van der Waals surface area contributed by atoms with Gasteiger partial charge >= 0.3 is 12.2 Å². The van der Waals surface area contributed by atoms with E-state index in [2.05, 4.69) is 15.5 Å². The van der Waals surface area contributed by atoms with Crippen molar-refractivity contribution < 1.29 is 18.0 Å². The van der Waals surface area contributed by atoms with Crippen molar-refractivity contribution in [1.82, 2.24) is 24.6 Å². The highest BCUT2D eigenvalue weighted by molar-refractivity contribution is 6.00. The van der Waals surface area contributed by atoms with Crippen LogP contribution >= 0.6 is 0 Å². The topological polar surface area (TPSA) is 86.3 Å². The average Bonchev–Trinajstić information content (AvgIpc) is 3.33. The van der Waals surface area contributed by atoms with Crippen LogP contribution in [0.25, 0.3) is 22.2 Å². The van der Waals surface area contributed by atoms with Gasteiger partial charge in [0.25, 0.3) is 0 Å². The van der Waals surface area contributed by atoms with Gasteiger partial charge in [-0.25, -0.2) is 4.79 Å². The molecule has 0 radical (unpaired) electrons. The molecule has 32 heavy (non-hydrogen) atoms. The van der Waals surface area contributed by atoms with Gasteiger partial charge in [0.1, 0.15) is 5.69 Å². The van der Waals surface area contributed by atoms with E-state index in [4.69, 9.17) is 0 Å². The average molecular weight is 446 g/mol. The normalized spacial score (nSPS) is 19.4. The maximum atomic E-state index is 12.7. The van der Waals surface area contributed by atoms with Gasteiger partial charge in [-0.2, -0.15) is 18.3 Å². The number of rotatable bonds is 3. The fourth-order valence-corrected chi connectivity index (χ4v) is 4.51. The molecule has 4 heterocycles. The first-order valence-corrected chi connectivity index (χ1v) is 10.2. The molecule has 2 aliphatic rings. The summed E-state index contributed by atoms with van der Waals surface area (Å²) in [4.78, 5) is 27.3. The van der Waals surface area contributed by atoms with Gasteiger partial charge in [-0.1, -0.05) is 0 Å². The Labute approximate surface area is 180 Å². The van der Waals surface area contributed by atoms with E-state index in [-0.39, 0.29) is 24.2 Å². The van der Waals surface area contributed by atoms with Crippen molar-refractivity contribution in [3.05, 3.63) is 46.4 Å². The fourth-order valence-electron chi connectivity index (χ4n) is 4.51. The van der Waals surface area contributed by atoms with Crippen LogP contribution in [0.3, 0.4) is 0 Å². The minimum Gasteiger partial charge on any atom is -0.318 e. The molecule has 168 valence electrons. The molecule has 0 bridgehead atoms. The van der Waals surface area contributed by atoms with Crippen LogP contribution in [0.5, 0.6) is 0 Å². The minimum atomic E-state index is -4.25. The maximum Gasteiger partial charge on any atom is 0.401 e. The Kier molecular flexibility index (Phi) is 4.73. The maximum absolute atomic E-state index is 12.7. The zero-order chi connectivity index (χ0) is 22.6. The molecule has 2 N–H and O–H groups in total. The minimum absolute atomic E-state index is 0.125. The summed E-state index contributed by atoms with van der Waals surface area (Å²) in [6.45, 7) is -0.161. The van der Waals surface area contributed by atoms with Crippen LogP contribution in [0, 0.1) is 0 Å². The third kappa shape index (κ3) is 3.72. The number of nitrogens with one attached hydrogen (secondary N) is 2. The van der Waals surface area contributed by atoms with Gasteiger partial charge in [0.15, 0.2) is 0 Å². The Balaban J connectivity index is 1.43. The molecule has 3 aromatic rings. The Morgan fingerprint density at radius 1 is 1.22 bits per heavy atom. The summed E-state index contributed by atoms with van der Waals surface area (Å²) in [6.07, 6.45) is -2.05. The number of hydrogen-bond acceptors (Lipinski definition) is 4. The molecule has 0 saturated carbocycles. The van der Waals surface area contributed by atoms with Crippen molar-refractivity contribution in [2.24, 2.45) is 7.05 Å².